The van der Waals surface area contributed by atoms with Crippen molar-refractivity contribution in [3.63, 3.8) is 0 Å². The van der Waals surface area contributed by atoms with Crippen molar-refractivity contribution in [3.8, 4) is 12.3 Å². The molecular formula is C16H25NO2S. The topological polar surface area (TPSA) is 37.4 Å². The third-order valence-electron chi connectivity index (χ3n) is 4.81. The summed E-state index contributed by atoms with van der Waals surface area (Å²) in [4.78, 5) is 2.22. The molecule has 1 aliphatic heterocycles. The second-order valence-electron chi connectivity index (χ2n) is 6.30. The van der Waals surface area contributed by atoms with Crippen LogP contribution in [0.1, 0.15) is 33.1 Å². The SMILES string of the molecule is C#CCN(C[C@@H]1C(C)=CCC[C@@H]1C)[C@@H]1CCS(=O)(=O)C1. The normalized spacial score (nSPS) is 32.9. The number of rotatable bonds is 4. The largest absolute Gasteiger partial charge is 0.288 e. The van der Waals surface area contributed by atoms with Gasteiger partial charge in [0.05, 0.1) is 18.1 Å². The Morgan fingerprint density at radius 2 is 2.20 bits per heavy atom. The maximum atomic E-state index is 11.7. The van der Waals surface area contributed by atoms with E-state index in [0.717, 1.165) is 19.4 Å². The Kier molecular flexibility index (Phi) is 4.93. The fourth-order valence-electron chi connectivity index (χ4n) is 3.48. The van der Waals surface area contributed by atoms with Crippen LogP contribution in [0.3, 0.4) is 0 Å². The average Bonchev–Trinajstić information content (AvgIpc) is 2.73. The van der Waals surface area contributed by atoms with Crippen LogP contribution in [-0.4, -0.2) is 44.0 Å². The average molecular weight is 295 g/mol. The molecule has 3 nitrogen and oxygen atoms in total. The summed E-state index contributed by atoms with van der Waals surface area (Å²) in [7, 11) is -2.85. The Morgan fingerprint density at radius 1 is 1.45 bits per heavy atom. The first kappa shape index (κ1) is 15.6. The van der Waals surface area contributed by atoms with Gasteiger partial charge in [-0.15, -0.1) is 6.42 Å². The predicted octanol–water partition coefficient (Wildman–Crippen LogP) is 2.10. The van der Waals surface area contributed by atoms with Crippen molar-refractivity contribution in [2.24, 2.45) is 11.8 Å². The molecule has 4 heteroatoms. The van der Waals surface area contributed by atoms with Crippen molar-refractivity contribution >= 4 is 9.84 Å². The fraction of sp³-hybridized carbons (Fsp3) is 0.750. The van der Waals surface area contributed by atoms with E-state index in [1.54, 1.807) is 0 Å². The van der Waals surface area contributed by atoms with Gasteiger partial charge in [0.2, 0.25) is 0 Å². The van der Waals surface area contributed by atoms with Crippen molar-refractivity contribution in [1.82, 2.24) is 4.90 Å². The Morgan fingerprint density at radius 3 is 2.75 bits per heavy atom. The standard InChI is InChI=1S/C16H25NO2S/c1-4-9-17(15-8-10-20(18,19)12-15)11-16-13(2)6-5-7-14(16)3/h1,6,14-16H,5,7-12H2,2-3H3/t14-,15+,16+/m0/s1. The van der Waals surface area contributed by atoms with Crippen molar-refractivity contribution in [2.75, 3.05) is 24.6 Å². The van der Waals surface area contributed by atoms with Crippen LogP contribution in [0, 0.1) is 24.2 Å². The summed E-state index contributed by atoms with van der Waals surface area (Å²) in [5, 5.41) is 0. The smallest absolute Gasteiger partial charge is 0.151 e. The van der Waals surface area contributed by atoms with Gasteiger partial charge in [0, 0.05) is 12.6 Å². The van der Waals surface area contributed by atoms with Crippen LogP contribution in [-0.2, 0) is 9.84 Å². The lowest BCUT2D eigenvalue weighted by Crippen LogP contribution is -2.42. The number of nitrogens with zero attached hydrogens (tertiary/aromatic N) is 1. The Labute approximate surface area is 123 Å². The van der Waals surface area contributed by atoms with Gasteiger partial charge in [0.25, 0.3) is 0 Å². The van der Waals surface area contributed by atoms with E-state index >= 15 is 0 Å². The van der Waals surface area contributed by atoms with Crippen molar-refractivity contribution < 1.29 is 8.42 Å². The Hall–Kier alpha value is -0.790. The third kappa shape index (κ3) is 3.65. The van der Waals surface area contributed by atoms with E-state index in [0.29, 0.717) is 24.1 Å². The second-order valence-corrected chi connectivity index (χ2v) is 8.53. The van der Waals surface area contributed by atoms with Crippen LogP contribution in [0.15, 0.2) is 11.6 Å². The first-order valence-electron chi connectivity index (χ1n) is 7.47. The highest BCUT2D eigenvalue weighted by atomic mass is 32.2. The summed E-state index contributed by atoms with van der Waals surface area (Å²) >= 11 is 0. The number of sulfone groups is 1. The van der Waals surface area contributed by atoms with E-state index in [4.69, 9.17) is 6.42 Å². The fourth-order valence-corrected chi connectivity index (χ4v) is 5.24. The summed E-state index contributed by atoms with van der Waals surface area (Å²) in [5.41, 5.74) is 1.44. The van der Waals surface area contributed by atoms with Gasteiger partial charge in [0.15, 0.2) is 9.84 Å². The number of allylic oxidation sites excluding steroid dienone is 1. The molecule has 0 unspecified atom stereocenters. The van der Waals surface area contributed by atoms with Gasteiger partial charge in [-0.1, -0.05) is 24.5 Å². The van der Waals surface area contributed by atoms with Crippen LogP contribution in [0.2, 0.25) is 0 Å². The molecule has 1 heterocycles. The van der Waals surface area contributed by atoms with E-state index in [2.05, 4.69) is 30.7 Å². The van der Waals surface area contributed by atoms with Crippen LogP contribution in [0.5, 0.6) is 0 Å². The molecule has 20 heavy (non-hydrogen) atoms. The first-order valence-corrected chi connectivity index (χ1v) is 9.29. The van der Waals surface area contributed by atoms with Crippen LogP contribution in [0.4, 0.5) is 0 Å². The molecule has 3 atom stereocenters. The maximum Gasteiger partial charge on any atom is 0.151 e. The zero-order valence-electron chi connectivity index (χ0n) is 12.5. The maximum absolute atomic E-state index is 11.7. The second kappa shape index (κ2) is 6.32. The van der Waals surface area contributed by atoms with Gasteiger partial charge in [-0.05, 0) is 38.0 Å². The molecule has 0 N–H and O–H groups in total. The lowest BCUT2D eigenvalue weighted by molar-refractivity contribution is 0.182. The molecule has 1 aliphatic carbocycles. The predicted molar refractivity (Wildman–Crippen MR) is 83.1 cm³/mol. The molecule has 0 aromatic heterocycles. The number of hydrogen-bond acceptors (Lipinski definition) is 3. The van der Waals surface area contributed by atoms with E-state index in [1.807, 2.05) is 0 Å². The zero-order valence-corrected chi connectivity index (χ0v) is 13.3. The van der Waals surface area contributed by atoms with Crippen LogP contribution >= 0.6 is 0 Å². The third-order valence-corrected chi connectivity index (χ3v) is 6.56. The lowest BCUT2D eigenvalue weighted by atomic mass is 9.79. The minimum absolute atomic E-state index is 0.109. The minimum atomic E-state index is -2.85. The molecule has 0 amide bonds. The van der Waals surface area contributed by atoms with Gasteiger partial charge >= 0.3 is 0 Å². The molecule has 1 saturated heterocycles. The quantitative estimate of drug-likeness (QED) is 0.589. The molecule has 0 aromatic carbocycles. The van der Waals surface area contributed by atoms with Gasteiger partial charge in [-0.2, -0.15) is 0 Å². The molecule has 2 aliphatic rings. The van der Waals surface area contributed by atoms with E-state index in [1.165, 1.54) is 12.0 Å². The molecule has 0 spiro atoms. The summed E-state index contributed by atoms with van der Waals surface area (Å²) in [6, 6.07) is 0.109. The van der Waals surface area contributed by atoms with Gasteiger partial charge in [0.1, 0.15) is 0 Å². The molecule has 112 valence electrons. The highest BCUT2D eigenvalue weighted by Crippen LogP contribution is 2.32. The number of hydrogen-bond donors (Lipinski definition) is 0. The summed E-state index contributed by atoms with van der Waals surface area (Å²) < 4.78 is 23.4. The van der Waals surface area contributed by atoms with E-state index in [-0.39, 0.29) is 11.8 Å². The molecule has 0 bridgehead atoms. The monoisotopic (exact) mass is 295 g/mol. The molecule has 2 rings (SSSR count). The van der Waals surface area contributed by atoms with Gasteiger partial charge < -0.3 is 0 Å². The van der Waals surface area contributed by atoms with Crippen molar-refractivity contribution in [2.45, 2.75) is 39.2 Å². The molecular weight excluding hydrogens is 270 g/mol. The highest BCUT2D eigenvalue weighted by Gasteiger charge is 2.34. The van der Waals surface area contributed by atoms with Crippen LogP contribution < -0.4 is 0 Å². The molecule has 1 fully saturated rings. The number of terminal acetylenes is 1. The van der Waals surface area contributed by atoms with E-state index in [9.17, 15) is 8.42 Å². The minimum Gasteiger partial charge on any atom is -0.288 e. The molecule has 0 saturated carbocycles. The summed E-state index contributed by atoms with van der Waals surface area (Å²) in [6.07, 6.45) is 10.9. The first-order chi connectivity index (χ1) is 9.43. The van der Waals surface area contributed by atoms with Crippen molar-refractivity contribution in [3.05, 3.63) is 11.6 Å². The van der Waals surface area contributed by atoms with E-state index < -0.39 is 9.84 Å². The van der Waals surface area contributed by atoms with Crippen molar-refractivity contribution in [1.29, 1.82) is 0 Å². The summed E-state index contributed by atoms with van der Waals surface area (Å²) in [6.45, 7) is 5.94. The van der Waals surface area contributed by atoms with Gasteiger partial charge in [-0.25, -0.2) is 8.42 Å². The lowest BCUT2D eigenvalue weighted by Gasteiger charge is -2.35. The molecule has 0 aromatic rings. The summed E-state index contributed by atoms with van der Waals surface area (Å²) in [5.74, 6) is 4.46. The van der Waals surface area contributed by atoms with Gasteiger partial charge in [-0.3, -0.25) is 4.90 Å². The molecule has 0 radical (unpaired) electrons. The Bertz CT molecular complexity index is 515. The van der Waals surface area contributed by atoms with Crippen LogP contribution in [0.25, 0.3) is 0 Å². The highest BCUT2D eigenvalue weighted by molar-refractivity contribution is 7.91. The zero-order chi connectivity index (χ0) is 14.8. The Balaban J connectivity index is 2.08.